The molecule has 0 aliphatic carbocycles. The normalized spacial score (nSPS) is 18.2. The molecule has 1 aliphatic rings. The molecule has 1 fully saturated rings. The maximum Gasteiger partial charge on any atom is 0.160 e. The smallest absolute Gasteiger partial charge is 0.160 e. The molecule has 0 N–H and O–H groups in total. The number of alkyl halides is 1. The van der Waals surface area contributed by atoms with Crippen molar-refractivity contribution in [3.63, 3.8) is 0 Å². The van der Waals surface area contributed by atoms with Gasteiger partial charge in [0.2, 0.25) is 0 Å². The van der Waals surface area contributed by atoms with Gasteiger partial charge in [-0.2, -0.15) is 0 Å². The lowest BCUT2D eigenvalue weighted by atomic mass is 10.1. The van der Waals surface area contributed by atoms with Gasteiger partial charge in [-0.05, 0) is 51.4 Å². The number of aryl methyl sites for hydroxylation is 1. The molecule has 0 bridgehead atoms. The summed E-state index contributed by atoms with van der Waals surface area (Å²) in [4.78, 5) is 11.8. The molecule has 2 aromatic rings. The summed E-state index contributed by atoms with van der Waals surface area (Å²) in [6, 6.07) is 2.58. The van der Waals surface area contributed by atoms with Crippen LogP contribution in [0.5, 0.6) is 0 Å². The van der Waals surface area contributed by atoms with Crippen LogP contribution < -0.4 is 0 Å². The topological polar surface area (TPSA) is 34.0 Å². The van der Waals surface area contributed by atoms with E-state index in [0.29, 0.717) is 11.9 Å². The Labute approximate surface area is 131 Å². The number of aromatic nitrogens is 3. The van der Waals surface area contributed by atoms with E-state index in [0.717, 1.165) is 29.1 Å². The number of imidazole rings is 1. The summed E-state index contributed by atoms with van der Waals surface area (Å²) in [7, 11) is 0. The van der Waals surface area contributed by atoms with Gasteiger partial charge in [0.15, 0.2) is 5.65 Å². The van der Waals surface area contributed by atoms with Crippen molar-refractivity contribution in [3.8, 4) is 0 Å². The van der Waals surface area contributed by atoms with Crippen molar-refractivity contribution < 1.29 is 0 Å². The molecule has 1 atom stereocenters. The summed E-state index contributed by atoms with van der Waals surface area (Å²) < 4.78 is 2.20. The highest BCUT2D eigenvalue weighted by Gasteiger charge is 2.20. The van der Waals surface area contributed by atoms with Crippen LogP contribution in [-0.4, -0.2) is 38.6 Å². The predicted octanol–water partition coefficient (Wildman–Crippen LogP) is 3.35. The number of piperidine rings is 1. The van der Waals surface area contributed by atoms with Crippen molar-refractivity contribution in [3.05, 3.63) is 23.7 Å². The molecule has 5 heteroatoms. The van der Waals surface area contributed by atoms with Crippen LogP contribution in [-0.2, 0) is 12.4 Å². The Balaban J connectivity index is 1.88. The van der Waals surface area contributed by atoms with Crippen molar-refractivity contribution in [2.24, 2.45) is 0 Å². The maximum absolute atomic E-state index is 6.09. The molecule has 0 spiro atoms. The zero-order valence-corrected chi connectivity index (χ0v) is 13.6. The van der Waals surface area contributed by atoms with Gasteiger partial charge in [-0.3, -0.25) is 4.90 Å². The fourth-order valence-corrected chi connectivity index (χ4v) is 3.40. The third-order valence-electron chi connectivity index (χ3n) is 4.38. The number of likely N-dealkylation sites (tertiary alicyclic amines) is 1. The van der Waals surface area contributed by atoms with Gasteiger partial charge in [0.1, 0.15) is 11.3 Å². The first-order valence-corrected chi connectivity index (χ1v) is 8.34. The Morgan fingerprint density at radius 3 is 2.76 bits per heavy atom. The third kappa shape index (κ3) is 3.06. The van der Waals surface area contributed by atoms with Crippen molar-refractivity contribution in [1.29, 1.82) is 0 Å². The largest absolute Gasteiger partial charge is 0.310 e. The summed E-state index contributed by atoms with van der Waals surface area (Å²) in [5.74, 6) is 1.36. The van der Waals surface area contributed by atoms with Crippen LogP contribution in [0, 0.1) is 6.92 Å². The van der Waals surface area contributed by atoms with Gasteiger partial charge < -0.3 is 4.57 Å². The minimum atomic E-state index is 0.433. The summed E-state index contributed by atoms with van der Waals surface area (Å²) in [6.45, 7) is 7.66. The van der Waals surface area contributed by atoms with Crippen molar-refractivity contribution in [2.45, 2.75) is 51.6 Å². The average molecular weight is 307 g/mol. The predicted molar refractivity (Wildman–Crippen MR) is 86.7 cm³/mol. The first-order valence-electron chi connectivity index (χ1n) is 7.81. The van der Waals surface area contributed by atoms with Crippen molar-refractivity contribution >= 4 is 22.8 Å². The number of halogens is 1. The second-order valence-corrected chi connectivity index (χ2v) is 6.34. The van der Waals surface area contributed by atoms with Gasteiger partial charge in [0, 0.05) is 18.8 Å². The lowest BCUT2D eigenvalue weighted by molar-refractivity contribution is 0.160. The van der Waals surface area contributed by atoms with Crippen LogP contribution in [0.1, 0.15) is 37.6 Å². The van der Waals surface area contributed by atoms with Gasteiger partial charge in [0.05, 0.1) is 5.88 Å². The third-order valence-corrected chi connectivity index (χ3v) is 4.62. The van der Waals surface area contributed by atoms with Gasteiger partial charge in [-0.15, -0.1) is 11.6 Å². The minimum Gasteiger partial charge on any atom is -0.310 e. The highest BCUT2D eigenvalue weighted by atomic mass is 35.5. The van der Waals surface area contributed by atoms with E-state index >= 15 is 0 Å². The number of hydrogen-bond donors (Lipinski definition) is 0. The zero-order chi connectivity index (χ0) is 14.8. The van der Waals surface area contributed by atoms with Crippen LogP contribution in [0.25, 0.3) is 11.2 Å². The fraction of sp³-hybridized carbons (Fsp3) is 0.625. The Morgan fingerprint density at radius 2 is 2.05 bits per heavy atom. The van der Waals surface area contributed by atoms with Gasteiger partial charge in [0.25, 0.3) is 0 Å². The van der Waals surface area contributed by atoms with E-state index in [4.69, 9.17) is 11.6 Å². The molecule has 3 heterocycles. The molecular formula is C16H23ClN4. The molecule has 0 radical (unpaired) electrons. The minimum absolute atomic E-state index is 0.433. The maximum atomic E-state index is 6.09. The number of nitrogens with zero attached hydrogens (tertiary/aromatic N) is 4. The lowest BCUT2D eigenvalue weighted by Crippen LogP contribution is -2.40. The van der Waals surface area contributed by atoms with Crippen molar-refractivity contribution in [2.75, 3.05) is 13.1 Å². The monoisotopic (exact) mass is 306 g/mol. The second-order valence-electron chi connectivity index (χ2n) is 6.07. The lowest BCUT2D eigenvalue weighted by Gasteiger charge is -2.32. The molecule has 0 amide bonds. The van der Waals surface area contributed by atoms with E-state index in [9.17, 15) is 0 Å². The van der Waals surface area contributed by atoms with E-state index in [1.165, 1.54) is 32.4 Å². The second kappa shape index (κ2) is 6.32. The molecule has 1 saturated heterocycles. The van der Waals surface area contributed by atoms with Crippen molar-refractivity contribution in [1.82, 2.24) is 19.4 Å². The number of rotatable bonds is 4. The van der Waals surface area contributed by atoms with Crippen LogP contribution in [0.2, 0.25) is 0 Å². The summed E-state index contributed by atoms with van der Waals surface area (Å²) in [5.41, 5.74) is 3.05. The Kier molecular flexibility index (Phi) is 4.45. The molecule has 114 valence electrons. The number of pyridine rings is 1. The average Bonchev–Trinajstić information content (AvgIpc) is 2.85. The van der Waals surface area contributed by atoms with Gasteiger partial charge in [-0.25, -0.2) is 9.97 Å². The van der Waals surface area contributed by atoms with E-state index in [-0.39, 0.29) is 0 Å². The Morgan fingerprint density at radius 1 is 1.29 bits per heavy atom. The van der Waals surface area contributed by atoms with Crippen LogP contribution >= 0.6 is 11.6 Å². The molecule has 4 nitrogen and oxygen atoms in total. The first-order chi connectivity index (χ1) is 10.2. The first kappa shape index (κ1) is 14.8. The zero-order valence-electron chi connectivity index (χ0n) is 12.8. The van der Waals surface area contributed by atoms with Crippen LogP contribution in [0.15, 0.2) is 12.3 Å². The molecule has 21 heavy (non-hydrogen) atoms. The molecule has 1 aliphatic heterocycles. The summed E-state index contributed by atoms with van der Waals surface area (Å²) in [6.07, 6.45) is 5.90. The standard InChI is InChI=1S/C16H23ClN4/c1-12-8-14-16(18-10-12)21(15(9-17)19-14)11-13(2)20-6-4-3-5-7-20/h8,10,13H,3-7,9,11H2,1-2H3. The fourth-order valence-electron chi connectivity index (χ4n) is 3.19. The number of fused-ring (bicyclic) bond motifs is 1. The molecule has 0 saturated carbocycles. The van der Waals surface area contributed by atoms with Gasteiger partial charge >= 0.3 is 0 Å². The number of hydrogen-bond acceptors (Lipinski definition) is 3. The molecule has 1 unspecified atom stereocenters. The highest BCUT2D eigenvalue weighted by molar-refractivity contribution is 6.16. The molecule has 0 aromatic carbocycles. The van der Waals surface area contributed by atoms with E-state index in [1.54, 1.807) is 0 Å². The Hall–Kier alpha value is -1.13. The Bertz CT molecular complexity index is 616. The van der Waals surface area contributed by atoms with Crippen LogP contribution in [0.3, 0.4) is 0 Å². The quantitative estimate of drug-likeness (QED) is 0.812. The van der Waals surface area contributed by atoms with E-state index < -0.39 is 0 Å². The summed E-state index contributed by atoms with van der Waals surface area (Å²) >= 11 is 6.09. The van der Waals surface area contributed by atoms with E-state index in [1.807, 2.05) is 13.1 Å². The SMILES string of the molecule is Cc1cnc2c(c1)nc(CCl)n2CC(C)N1CCCCC1. The highest BCUT2D eigenvalue weighted by Crippen LogP contribution is 2.20. The van der Waals surface area contributed by atoms with Gasteiger partial charge in [-0.1, -0.05) is 6.42 Å². The molecule has 2 aromatic heterocycles. The summed E-state index contributed by atoms with van der Waals surface area (Å²) in [5, 5.41) is 0. The van der Waals surface area contributed by atoms with E-state index in [2.05, 4.69) is 32.4 Å². The van der Waals surface area contributed by atoms with Crippen LogP contribution in [0.4, 0.5) is 0 Å². The molecular weight excluding hydrogens is 284 g/mol. The molecule has 3 rings (SSSR count).